The van der Waals surface area contributed by atoms with Crippen molar-refractivity contribution in [2.75, 3.05) is 56.3 Å². The van der Waals surface area contributed by atoms with Gasteiger partial charge < -0.3 is 104 Å². The zero-order chi connectivity index (χ0) is 68.7. The Morgan fingerprint density at radius 3 is 0.765 bits per heavy atom. The lowest BCUT2D eigenvalue weighted by molar-refractivity contribution is 0.182. The van der Waals surface area contributed by atoms with E-state index in [2.05, 4.69) is 90.3 Å². The lowest BCUT2D eigenvalue weighted by atomic mass is 10.0. The average molecular weight is 1610 g/mol. The van der Waals surface area contributed by atoms with Crippen LogP contribution in [0.1, 0.15) is 276 Å². The number of hydrogen-bond donors (Lipinski definition) is 15. The lowest BCUT2D eigenvalue weighted by Crippen LogP contribution is -2.37. The van der Waals surface area contributed by atoms with Crippen LogP contribution in [0, 0.1) is 0 Å². The summed E-state index contributed by atoms with van der Waals surface area (Å²) in [6.45, 7) is 21.4. The van der Waals surface area contributed by atoms with Gasteiger partial charge in [0.2, 0.25) is 0 Å². The molecule has 0 atom stereocenters. The Hall–Kier alpha value is -1.70. The van der Waals surface area contributed by atoms with Crippen LogP contribution < -0.4 is 5.73 Å². The SMILES string of the molecule is C.C.C.C.C.C.C.C.C.C.C.C.C.C.C=CCCCCCCCCCCCCCCCCCCCC[Si](O)(O)OC.C=CCCCC[Si](O)(O)OC.C=CCC[Si](O)(O)OC.C=CC[Si](O)(O)OC.C=CCc1ccc(CCC[Si](O)(O)OC)cc1.C=C[Si](O)(O)OC.CO[Si](O)(O)CCCN. The van der Waals surface area contributed by atoms with Gasteiger partial charge in [-0.2, -0.15) is 0 Å². The van der Waals surface area contributed by atoms with Gasteiger partial charge in [-0.15, -0.1) is 32.9 Å². The molecule has 0 spiro atoms. The van der Waals surface area contributed by atoms with Crippen LogP contribution >= 0.6 is 0 Å². The molecule has 16 N–H and O–H groups in total. The first-order valence-electron chi connectivity index (χ1n) is 30.8. The van der Waals surface area contributed by atoms with Crippen molar-refractivity contribution in [2.45, 2.75) is 314 Å². The third kappa shape index (κ3) is 125. The molecule has 0 aromatic heterocycles. The Balaban J connectivity index is -0.0000000440. The molecule has 1 aromatic carbocycles. The molecule has 0 heterocycles. The minimum Gasteiger partial charge on any atom is -0.390 e. The molecular weight excluding hydrogens is 1420 g/mol. The van der Waals surface area contributed by atoms with Crippen molar-refractivity contribution >= 4 is 61.6 Å². The number of nitrogens with two attached hydrogens (primary N) is 1. The van der Waals surface area contributed by atoms with E-state index in [9.17, 15) is 19.2 Å². The van der Waals surface area contributed by atoms with Gasteiger partial charge in [-0.25, -0.2) is 0 Å². The van der Waals surface area contributed by atoms with Crippen LogP contribution in [-0.2, 0) is 43.8 Å². The number of unbranched alkanes of at least 4 members (excludes halogenated alkanes) is 20. The smallest absolute Gasteiger partial charge is 0.390 e. The summed E-state index contributed by atoms with van der Waals surface area (Å²) < 4.78 is 31.4. The van der Waals surface area contributed by atoms with Crippen LogP contribution in [0.15, 0.2) is 99.8 Å². The van der Waals surface area contributed by atoms with Gasteiger partial charge >= 0.3 is 61.6 Å². The zero-order valence-electron chi connectivity index (χ0n) is 55.3. The van der Waals surface area contributed by atoms with E-state index >= 15 is 0 Å². The minimum absolute atomic E-state index is 0. The maximum absolute atomic E-state index is 9.44. The summed E-state index contributed by atoms with van der Waals surface area (Å²) in [7, 11) is -14.0. The number of benzene rings is 1. The van der Waals surface area contributed by atoms with E-state index in [0.29, 0.717) is 49.6 Å². The first-order chi connectivity index (χ1) is 41.3. The van der Waals surface area contributed by atoms with E-state index in [0.717, 1.165) is 57.1 Å². The lowest BCUT2D eigenvalue weighted by Gasteiger charge is -2.14. The molecular formula is C73H183NO21Si7. The standard InChI is InChI=1S/C23H48O3Si.C13H20O3Si.C7H16O3Si.C5H12O3Si.C4H13NO3Si.C4H10O3Si.C3H8O3Si.14CH4/c1-3-4-5-6-7-8-9-10-11-12-13-14-15-16-17-18-19-20-21-22-23-27(24,25)26-2;1-3-5-12-7-9-13(10-8-12)6-4-11-17(14,15)16-2;1-3-4-5-6-7-11(8,9)10-2;1-3-4-5-9(6,7)8-2;1-8-9(6,7)4-2-3-5;1-3-4-8(5,6)7-2;1-3-7(4,5)6-2;;;;;;;;;;;;;;/h3,24-25H,1,4-23H2,2H3;3,7-10,14-15H,1,4-6,11H2,2H3;3,8-9H,1,4-7H2,2H3;3,6-7H,1,4-5H2,2H3;6-7H,2-5H2,1H3;3,5-6H,1,4H2,2H3;3-5H,1H2,2H3;14*1H4. The van der Waals surface area contributed by atoms with Crippen LogP contribution in [-0.4, -0.2) is 185 Å². The van der Waals surface area contributed by atoms with E-state index in [1.165, 1.54) is 176 Å². The quantitative estimate of drug-likeness (QED) is 0.0164. The molecule has 0 aliphatic rings. The highest BCUT2D eigenvalue weighted by Gasteiger charge is 2.32. The summed E-state index contributed by atoms with van der Waals surface area (Å²) >= 11 is 0. The van der Waals surface area contributed by atoms with Gasteiger partial charge in [-0.3, -0.25) is 0 Å². The fraction of sp³-hybridized carbons (Fsp3) is 0.753. The molecule has 0 aliphatic heterocycles. The Morgan fingerprint density at radius 1 is 0.284 bits per heavy atom. The first kappa shape index (κ1) is 153. The van der Waals surface area contributed by atoms with Gasteiger partial charge in [0.25, 0.3) is 0 Å². The summed E-state index contributed by atoms with van der Waals surface area (Å²) in [6.07, 6.45) is 40.3. The summed E-state index contributed by atoms with van der Waals surface area (Å²) in [4.78, 5) is 126. The fourth-order valence-corrected chi connectivity index (χ4v) is 12.2. The van der Waals surface area contributed by atoms with E-state index in [-0.39, 0.29) is 110 Å². The molecule has 0 saturated heterocycles. The van der Waals surface area contributed by atoms with E-state index in [1.807, 2.05) is 18.2 Å². The molecule has 0 amide bonds. The van der Waals surface area contributed by atoms with Gasteiger partial charge in [-0.1, -0.05) is 268 Å². The molecule has 0 saturated carbocycles. The van der Waals surface area contributed by atoms with Gasteiger partial charge in [0.1, 0.15) is 0 Å². The summed E-state index contributed by atoms with van der Waals surface area (Å²) in [6, 6.07) is 10.2. The van der Waals surface area contributed by atoms with Gasteiger partial charge in [0.05, 0.1) is 0 Å². The van der Waals surface area contributed by atoms with E-state index in [1.54, 1.807) is 6.08 Å². The molecule has 0 fully saturated rings. The Bertz CT molecular complexity index is 1750. The monoisotopic (exact) mass is 1610 g/mol. The average Bonchev–Trinajstić information content (AvgIpc) is 0.914. The van der Waals surface area contributed by atoms with Crippen LogP contribution in [0.2, 0.25) is 36.3 Å². The molecule has 1 aromatic rings. The number of rotatable bonds is 48. The second kappa shape index (κ2) is 101. The van der Waals surface area contributed by atoms with Crippen molar-refractivity contribution in [1.82, 2.24) is 0 Å². The highest BCUT2D eigenvalue weighted by atomic mass is 28.4. The van der Waals surface area contributed by atoms with Crippen LogP contribution in [0.4, 0.5) is 0 Å². The van der Waals surface area contributed by atoms with Crippen molar-refractivity contribution in [3.8, 4) is 0 Å². The van der Waals surface area contributed by atoms with Crippen molar-refractivity contribution in [3.05, 3.63) is 111 Å². The topological polar surface area (TPSA) is 374 Å². The first-order valence-corrected chi connectivity index (χ1v) is 44.7. The predicted octanol–water partition coefficient (Wildman–Crippen LogP) is 17.0. The van der Waals surface area contributed by atoms with E-state index in [4.69, 9.17) is 58.1 Å². The van der Waals surface area contributed by atoms with Crippen molar-refractivity contribution in [2.24, 2.45) is 5.73 Å². The zero-order valence-corrected chi connectivity index (χ0v) is 62.3. The van der Waals surface area contributed by atoms with Crippen molar-refractivity contribution < 1.29 is 98.1 Å². The largest absolute Gasteiger partial charge is 0.523 e. The number of allylic oxidation sites excluding steroid dienone is 5. The Morgan fingerprint density at radius 2 is 0.529 bits per heavy atom. The summed E-state index contributed by atoms with van der Waals surface area (Å²) in [5.41, 5.74) is 8.61. The second-order valence-corrected chi connectivity index (χ2v) is 37.3. The van der Waals surface area contributed by atoms with Crippen molar-refractivity contribution in [3.63, 3.8) is 0 Å². The Kier molecular flexibility index (Phi) is 152. The van der Waals surface area contributed by atoms with Crippen LogP contribution in [0.5, 0.6) is 0 Å². The van der Waals surface area contributed by atoms with Crippen molar-refractivity contribution in [1.29, 1.82) is 0 Å². The third-order valence-electron chi connectivity index (χ3n) is 13.0. The fourth-order valence-electron chi connectivity index (χ4n) is 7.14. The summed E-state index contributed by atoms with van der Waals surface area (Å²) in [5, 5.41) is 0. The van der Waals surface area contributed by atoms with Gasteiger partial charge in [0, 0.05) is 86.0 Å². The Labute approximate surface area is 642 Å². The van der Waals surface area contributed by atoms with Gasteiger partial charge in [0.15, 0.2) is 0 Å². The molecule has 0 unspecified atom stereocenters. The molecule has 29 heteroatoms. The molecule has 22 nitrogen and oxygen atoms in total. The van der Waals surface area contributed by atoms with Gasteiger partial charge in [-0.05, 0) is 94.0 Å². The molecule has 634 valence electrons. The maximum atomic E-state index is 9.44. The molecule has 0 bridgehead atoms. The normalized spacial score (nSPS) is 10.0. The molecule has 0 aliphatic carbocycles. The highest BCUT2D eigenvalue weighted by molar-refractivity contribution is 6.63. The van der Waals surface area contributed by atoms with E-state index < -0.39 is 61.6 Å². The molecule has 102 heavy (non-hydrogen) atoms. The highest BCUT2D eigenvalue weighted by Crippen LogP contribution is 2.18. The summed E-state index contributed by atoms with van der Waals surface area (Å²) in [5.74, 6) is 0. The minimum atomic E-state index is -3.39. The number of hydrogen-bond acceptors (Lipinski definition) is 22. The third-order valence-corrected chi connectivity index (χ3v) is 23.8. The van der Waals surface area contributed by atoms with Crippen LogP contribution in [0.3, 0.4) is 0 Å². The van der Waals surface area contributed by atoms with Crippen LogP contribution in [0.25, 0.3) is 0 Å². The molecule has 1 rings (SSSR count). The maximum Gasteiger partial charge on any atom is 0.523 e. The molecule has 0 radical (unpaired) electrons. The number of aryl methyl sites for hydroxylation is 1. The predicted molar refractivity (Wildman–Crippen MR) is 463 cm³/mol. The second-order valence-electron chi connectivity index (χ2n) is 20.9.